The fourth-order valence-electron chi connectivity index (χ4n) is 1.57. The Balaban J connectivity index is 2.80. The third-order valence-corrected chi connectivity index (χ3v) is 5.11. The highest BCUT2D eigenvalue weighted by Gasteiger charge is 2.15. The summed E-state index contributed by atoms with van der Waals surface area (Å²) in [6, 6.07) is 6.48. The number of rotatable bonds is 7. The third kappa shape index (κ3) is 4.95. The molecule has 0 spiro atoms. The molecule has 0 fully saturated rings. The van der Waals surface area contributed by atoms with Crippen molar-refractivity contribution in [1.82, 2.24) is 0 Å². The van der Waals surface area contributed by atoms with Crippen LogP contribution in [0.25, 0.3) is 0 Å². The van der Waals surface area contributed by atoms with Crippen molar-refractivity contribution in [3.8, 4) is 0 Å². The molecule has 106 valence electrons. The summed E-state index contributed by atoms with van der Waals surface area (Å²) in [5.74, 6) is 0.0953. The molecule has 0 aromatic heterocycles. The van der Waals surface area contributed by atoms with Crippen molar-refractivity contribution in [3.05, 3.63) is 29.8 Å². The lowest BCUT2D eigenvalue weighted by atomic mass is 10.1. The summed E-state index contributed by atoms with van der Waals surface area (Å²) in [7, 11) is -3.28. The molecular weight excluding hydrogens is 330 g/mol. The molecule has 4 nitrogen and oxygen atoms in total. The van der Waals surface area contributed by atoms with Crippen molar-refractivity contribution >= 4 is 37.4 Å². The van der Waals surface area contributed by atoms with Crippen molar-refractivity contribution in [3.63, 3.8) is 0 Å². The number of halogens is 1. The highest BCUT2D eigenvalue weighted by atomic mass is 79.9. The maximum atomic E-state index is 11.9. The van der Waals surface area contributed by atoms with Gasteiger partial charge in [-0.15, -0.1) is 0 Å². The Hall–Kier alpha value is -0.880. The van der Waals surface area contributed by atoms with E-state index in [0.717, 1.165) is 0 Å². The first kappa shape index (κ1) is 16.2. The molecule has 0 heterocycles. The van der Waals surface area contributed by atoms with Gasteiger partial charge in [0.15, 0.2) is 5.78 Å². The molecule has 0 aliphatic carbocycles. The van der Waals surface area contributed by atoms with Gasteiger partial charge < -0.3 is 0 Å². The Morgan fingerprint density at radius 1 is 1.26 bits per heavy atom. The van der Waals surface area contributed by atoms with Crippen LogP contribution in [0.4, 0.5) is 5.69 Å². The van der Waals surface area contributed by atoms with Crippen LogP contribution in [0.3, 0.4) is 0 Å². The lowest BCUT2D eigenvalue weighted by Crippen LogP contribution is -2.16. The highest BCUT2D eigenvalue weighted by Crippen LogP contribution is 2.17. The van der Waals surface area contributed by atoms with Crippen LogP contribution in [0.1, 0.15) is 37.0 Å². The Morgan fingerprint density at radius 3 is 2.32 bits per heavy atom. The molecule has 0 aliphatic rings. The molecule has 0 amide bonds. The minimum absolute atomic E-state index is 0.00506. The fourth-order valence-corrected chi connectivity index (χ4v) is 2.97. The van der Waals surface area contributed by atoms with E-state index in [0.29, 0.717) is 24.1 Å². The van der Waals surface area contributed by atoms with Crippen LogP contribution >= 0.6 is 15.9 Å². The first-order valence-corrected chi connectivity index (χ1v) is 8.75. The van der Waals surface area contributed by atoms with Gasteiger partial charge in [-0.1, -0.05) is 29.8 Å². The standard InChI is InChI=1S/C13H18BrNO3S/c1-3-9-19(17,18)15-11-7-5-10(6-8-11)13(16)12(14)4-2/h5-8,12,15H,3-4,9H2,1-2H3. The summed E-state index contributed by atoms with van der Waals surface area (Å²) in [4.78, 5) is 11.7. The molecule has 1 rings (SSSR count). The summed E-state index contributed by atoms with van der Waals surface area (Å²) < 4.78 is 25.7. The molecule has 0 bridgehead atoms. The zero-order valence-electron chi connectivity index (χ0n) is 11.0. The highest BCUT2D eigenvalue weighted by molar-refractivity contribution is 9.10. The maximum Gasteiger partial charge on any atom is 0.232 e. The number of ketones is 1. The number of Topliss-reactive ketones (excluding diaryl/α,β-unsaturated/α-hetero) is 1. The Labute approximate surface area is 122 Å². The number of hydrogen-bond acceptors (Lipinski definition) is 3. The minimum Gasteiger partial charge on any atom is -0.293 e. The molecule has 1 atom stereocenters. The van der Waals surface area contributed by atoms with Gasteiger partial charge in [-0.05, 0) is 37.1 Å². The monoisotopic (exact) mass is 347 g/mol. The molecule has 1 unspecified atom stereocenters. The second kappa shape index (κ2) is 7.05. The van der Waals surface area contributed by atoms with Crippen molar-refractivity contribution in [1.29, 1.82) is 0 Å². The molecule has 1 aromatic carbocycles. The second-order valence-corrected chi connectivity index (χ2v) is 7.19. The van der Waals surface area contributed by atoms with Crippen LogP contribution in [0, 0.1) is 0 Å². The molecule has 0 saturated heterocycles. The lowest BCUT2D eigenvalue weighted by Gasteiger charge is -2.09. The number of alkyl halides is 1. The van der Waals surface area contributed by atoms with Crippen molar-refractivity contribution in [2.75, 3.05) is 10.5 Å². The molecule has 6 heteroatoms. The van der Waals surface area contributed by atoms with Crippen LogP contribution in [-0.2, 0) is 10.0 Å². The smallest absolute Gasteiger partial charge is 0.232 e. The van der Waals surface area contributed by atoms with Crippen LogP contribution in [0.2, 0.25) is 0 Å². The number of carbonyl (C=O) groups excluding carboxylic acids is 1. The second-order valence-electron chi connectivity index (χ2n) is 4.24. The number of nitrogens with one attached hydrogen (secondary N) is 1. The van der Waals surface area contributed by atoms with Crippen LogP contribution in [0.15, 0.2) is 24.3 Å². The minimum atomic E-state index is -3.28. The Kier molecular flexibility index (Phi) is 6.00. The van der Waals surface area contributed by atoms with Gasteiger partial charge in [0.05, 0.1) is 10.6 Å². The van der Waals surface area contributed by atoms with Gasteiger partial charge in [0.1, 0.15) is 0 Å². The van der Waals surface area contributed by atoms with Gasteiger partial charge in [-0.2, -0.15) is 0 Å². The van der Waals surface area contributed by atoms with Crippen molar-refractivity contribution in [2.45, 2.75) is 31.5 Å². The molecule has 1 aromatic rings. The van der Waals surface area contributed by atoms with E-state index in [4.69, 9.17) is 0 Å². The average molecular weight is 348 g/mol. The molecular formula is C13H18BrNO3S. The number of anilines is 1. The van der Waals surface area contributed by atoms with Gasteiger partial charge in [0.25, 0.3) is 0 Å². The van der Waals surface area contributed by atoms with E-state index in [-0.39, 0.29) is 16.4 Å². The Bertz CT molecular complexity index is 525. The van der Waals surface area contributed by atoms with Gasteiger partial charge in [0.2, 0.25) is 10.0 Å². The number of carbonyl (C=O) groups is 1. The molecule has 1 N–H and O–H groups in total. The summed E-state index contributed by atoms with van der Waals surface area (Å²) in [6.07, 6.45) is 1.28. The topological polar surface area (TPSA) is 63.2 Å². The summed E-state index contributed by atoms with van der Waals surface area (Å²) in [5, 5.41) is 0. The SMILES string of the molecule is CCCS(=O)(=O)Nc1ccc(C(=O)C(Br)CC)cc1. The quantitative estimate of drug-likeness (QED) is 0.608. The van der Waals surface area contributed by atoms with E-state index in [2.05, 4.69) is 20.7 Å². The van der Waals surface area contributed by atoms with E-state index < -0.39 is 10.0 Å². The Morgan fingerprint density at radius 2 is 1.84 bits per heavy atom. The normalized spacial score (nSPS) is 13.0. The first-order valence-electron chi connectivity index (χ1n) is 6.18. The van der Waals surface area contributed by atoms with E-state index in [1.54, 1.807) is 24.3 Å². The zero-order chi connectivity index (χ0) is 14.5. The van der Waals surface area contributed by atoms with Crippen LogP contribution in [0.5, 0.6) is 0 Å². The molecule has 0 aliphatic heterocycles. The van der Waals surface area contributed by atoms with Gasteiger partial charge in [0, 0.05) is 11.3 Å². The number of benzene rings is 1. The lowest BCUT2D eigenvalue weighted by molar-refractivity contribution is 0.0990. The average Bonchev–Trinajstić information content (AvgIpc) is 2.37. The largest absolute Gasteiger partial charge is 0.293 e. The molecule has 0 saturated carbocycles. The summed E-state index contributed by atoms with van der Waals surface area (Å²) in [5.41, 5.74) is 1.05. The van der Waals surface area contributed by atoms with Gasteiger partial charge >= 0.3 is 0 Å². The summed E-state index contributed by atoms with van der Waals surface area (Å²) in [6.45, 7) is 3.73. The van der Waals surface area contributed by atoms with E-state index >= 15 is 0 Å². The van der Waals surface area contributed by atoms with Gasteiger partial charge in [-0.25, -0.2) is 8.42 Å². The third-order valence-electron chi connectivity index (χ3n) is 2.56. The van der Waals surface area contributed by atoms with E-state index in [1.165, 1.54) is 0 Å². The molecule has 0 radical (unpaired) electrons. The van der Waals surface area contributed by atoms with Crippen LogP contribution < -0.4 is 4.72 Å². The number of hydrogen-bond donors (Lipinski definition) is 1. The van der Waals surface area contributed by atoms with Crippen LogP contribution in [-0.4, -0.2) is 24.8 Å². The fraction of sp³-hybridized carbons (Fsp3) is 0.462. The molecule has 19 heavy (non-hydrogen) atoms. The zero-order valence-corrected chi connectivity index (χ0v) is 13.4. The van der Waals surface area contributed by atoms with Crippen molar-refractivity contribution in [2.24, 2.45) is 0 Å². The maximum absolute atomic E-state index is 11.9. The van der Waals surface area contributed by atoms with E-state index in [1.807, 2.05) is 13.8 Å². The van der Waals surface area contributed by atoms with E-state index in [9.17, 15) is 13.2 Å². The number of sulfonamides is 1. The predicted molar refractivity (Wildman–Crippen MR) is 81.5 cm³/mol. The van der Waals surface area contributed by atoms with Gasteiger partial charge in [-0.3, -0.25) is 9.52 Å². The van der Waals surface area contributed by atoms with Crippen molar-refractivity contribution < 1.29 is 13.2 Å². The summed E-state index contributed by atoms with van der Waals surface area (Å²) >= 11 is 3.31. The first-order chi connectivity index (χ1) is 8.89. The predicted octanol–water partition coefficient (Wildman–Crippen LogP) is 3.19.